The van der Waals surface area contributed by atoms with E-state index in [0.717, 1.165) is 5.56 Å². The molecule has 0 atom stereocenters. The molecule has 0 aliphatic carbocycles. The van der Waals surface area contributed by atoms with Crippen LogP contribution in [0.25, 0.3) is 0 Å². The first-order valence-electron chi connectivity index (χ1n) is 6.06. The van der Waals surface area contributed by atoms with Crippen molar-refractivity contribution in [2.24, 2.45) is 0 Å². The number of amides is 1. The van der Waals surface area contributed by atoms with E-state index in [9.17, 15) is 4.79 Å². The van der Waals surface area contributed by atoms with Crippen LogP contribution in [0.4, 0.5) is 0 Å². The fraction of sp³-hybridized carbons (Fsp3) is 0.200. The maximum absolute atomic E-state index is 12.2. The molecule has 0 radical (unpaired) electrons. The lowest BCUT2D eigenvalue weighted by Gasteiger charge is -2.17. The largest absolute Gasteiger partial charge is 0.390 e. The molecule has 0 saturated heterocycles. The monoisotopic (exact) mass is 256 g/mol. The molecule has 1 aromatic heterocycles. The SMILES string of the molecule is CN(Cc1ccccc1)C(=O)c1ccnc(CO)c1. The van der Waals surface area contributed by atoms with Crippen LogP contribution in [-0.4, -0.2) is 27.9 Å². The summed E-state index contributed by atoms with van der Waals surface area (Å²) in [5.74, 6) is -0.0825. The fourth-order valence-corrected chi connectivity index (χ4v) is 1.85. The average molecular weight is 256 g/mol. The Hall–Kier alpha value is -2.20. The van der Waals surface area contributed by atoms with Gasteiger partial charge in [-0.15, -0.1) is 0 Å². The van der Waals surface area contributed by atoms with Crippen LogP contribution >= 0.6 is 0 Å². The van der Waals surface area contributed by atoms with Crippen LogP contribution in [0.1, 0.15) is 21.6 Å². The Balaban J connectivity index is 2.10. The molecule has 4 nitrogen and oxygen atoms in total. The number of aliphatic hydroxyl groups is 1. The minimum Gasteiger partial charge on any atom is -0.390 e. The third kappa shape index (κ3) is 3.39. The summed E-state index contributed by atoms with van der Waals surface area (Å²) in [6.07, 6.45) is 1.54. The highest BCUT2D eigenvalue weighted by Gasteiger charge is 2.12. The molecule has 0 spiro atoms. The van der Waals surface area contributed by atoms with Gasteiger partial charge in [0.05, 0.1) is 12.3 Å². The summed E-state index contributed by atoms with van der Waals surface area (Å²) < 4.78 is 0. The Bertz CT molecular complexity index is 555. The second-order valence-corrected chi connectivity index (χ2v) is 4.34. The van der Waals surface area contributed by atoms with Crippen molar-refractivity contribution in [3.05, 3.63) is 65.5 Å². The predicted octanol–water partition coefficient (Wildman–Crippen LogP) is 1.85. The summed E-state index contributed by atoms with van der Waals surface area (Å²) in [6, 6.07) is 13.1. The molecule has 19 heavy (non-hydrogen) atoms. The summed E-state index contributed by atoms with van der Waals surface area (Å²) in [6.45, 7) is 0.389. The van der Waals surface area contributed by atoms with Gasteiger partial charge in [-0.25, -0.2) is 0 Å². The van der Waals surface area contributed by atoms with E-state index < -0.39 is 0 Å². The number of nitrogens with zero attached hydrogens (tertiary/aromatic N) is 2. The minimum atomic E-state index is -0.163. The van der Waals surface area contributed by atoms with Gasteiger partial charge in [0.25, 0.3) is 5.91 Å². The highest BCUT2D eigenvalue weighted by molar-refractivity contribution is 5.94. The van der Waals surface area contributed by atoms with Crippen LogP contribution in [0.15, 0.2) is 48.7 Å². The van der Waals surface area contributed by atoms with Gasteiger partial charge < -0.3 is 10.0 Å². The number of benzene rings is 1. The molecule has 1 aromatic carbocycles. The molecule has 1 heterocycles. The van der Waals surface area contributed by atoms with E-state index in [4.69, 9.17) is 5.11 Å². The second-order valence-electron chi connectivity index (χ2n) is 4.34. The number of aromatic nitrogens is 1. The average Bonchev–Trinajstić information content (AvgIpc) is 2.47. The van der Waals surface area contributed by atoms with Gasteiger partial charge in [-0.05, 0) is 17.7 Å². The zero-order valence-corrected chi connectivity index (χ0v) is 10.8. The molecule has 0 unspecified atom stereocenters. The van der Waals surface area contributed by atoms with E-state index in [1.807, 2.05) is 30.3 Å². The van der Waals surface area contributed by atoms with Crippen LogP contribution in [0.3, 0.4) is 0 Å². The minimum absolute atomic E-state index is 0.0825. The summed E-state index contributed by atoms with van der Waals surface area (Å²) in [4.78, 5) is 17.8. The molecule has 0 fully saturated rings. The first kappa shape index (κ1) is 13.2. The zero-order valence-electron chi connectivity index (χ0n) is 10.8. The topological polar surface area (TPSA) is 53.4 Å². The molecule has 1 amide bonds. The fourth-order valence-electron chi connectivity index (χ4n) is 1.85. The van der Waals surface area contributed by atoms with Crippen molar-refractivity contribution < 1.29 is 9.90 Å². The summed E-state index contributed by atoms with van der Waals surface area (Å²) in [5, 5.41) is 9.03. The maximum Gasteiger partial charge on any atom is 0.254 e. The van der Waals surface area contributed by atoms with Gasteiger partial charge in [-0.2, -0.15) is 0 Å². The van der Waals surface area contributed by atoms with E-state index in [1.54, 1.807) is 24.1 Å². The highest BCUT2D eigenvalue weighted by atomic mass is 16.3. The van der Waals surface area contributed by atoms with E-state index in [1.165, 1.54) is 6.20 Å². The van der Waals surface area contributed by atoms with Crippen molar-refractivity contribution in [2.75, 3.05) is 7.05 Å². The number of pyridine rings is 1. The molecular weight excluding hydrogens is 240 g/mol. The van der Waals surface area contributed by atoms with Crippen molar-refractivity contribution in [1.29, 1.82) is 0 Å². The number of carbonyl (C=O) groups is 1. The molecular formula is C15H16N2O2. The van der Waals surface area contributed by atoms with E-state index in [0.29, 0.717) is 17.8 Å². The van der Waals surface area contributed by atoms with Crippen molar-refractivity contribution >= 4 is 5.91 Å². The zero-order chi connectivity index (χ0) is 13.7. The molecule has 2 aromatic rings. The van der Waals surface area contributed by atoms with Crippen molar-refractivity contribution in [1.82, 2.24) is 9.88 Å². The summed E-state index contributed by atoms with van der Waals surface area (Å²) in [5.41, 5.74) is 2.12. The normalized spacial score (nSPS) is 10.2. The summed E-state index contributed by atoms with van der Waals surface area (Å²) in [7, 11) is 1.76. The molecule has 0 aliphatic heterocycles. The molecule has 4 heteroatoms. The summed E-state index contributed by atoms with van der Waals surface area (Å²) >= 11 is 0. The first-order chi connectivity index (χ1) is 9.20. The molecule has 0 aliphatic rings. The van der Waals surface area contributed by atoms with Crippen LogP contribution in [0.5, 0.6) is 0 Å². The Labute approximate surface area is 112 Å². The van der Waals surface area contributed by atoms with Gasteiger partial charge in [0.15, 0.2) is 0 Å². The smallest absolute Gasteiger partial charge is 0.254 e. The van der Waals surface area contributed by atoms with Crippen molar-refractivity contribution in [2.45, 2.75) is 13.2 Å². The van der Waals surface area contributed by atoms with Crippen LogP contribution in [0.2, 0.25) is 0 Å². The quantitative estimate of drug-likeness (QED) is 0.908. The number of rotatable bonds is 4. The Kier molecular flexibility index (Phi) is 4.26. The number of hydrogen-bond acceptors (Lipinski definition) is 3. The van der Waals surface area contributed by atoms with Gasteiger partial charge in [0, 0.05) is 25.4 Å². The van der Waals surface area contributed by atoms with Gasteiger partial charge in [0.1, 0.15) is 0 Å². The molecule has 0 saturated carbocycles. The van der Waals surface area contributed by atoms with Gasteiger partial charge >= 0.3 is 0 Å². The lowest BCUT2D eigenvalue weighted by Crippen LogP contribution is -2.26. The number of aliphatic hydroxyl groups excluding tert-OH is 1. The van der Waals surface area contributed by atoms with Crippen molar-refractivity contribution in [3.8, 4) is 0 Å². The maximum atomic E-state index is 12.2. The van der Waals surface area contributed by atoms with E-state index >= 15 is 0 Å². The molecule has 1 N–H and O–H groups in total. The first-order valence-corrected chi connectivity index (χ1v) is 6.06. The Morgan fingerprint density at radius 2 is 2.00 bits per heavy atom. The highest BCUT2D eigenvalue weighted by Crippen LogP contribution is 2.09. The van der Waals surface area contributed by atoms with E-state index in [-0.39, 0.29) is 12.5 Å². The molecule has 98 valence electrons. The third-order valence-corrected chi connectivity index (χ3v) is 2.83. The molecule has 2 rings (SSSR count). The van der Waals surface area contributed by atoms with Crippen molar-refractivity contribution in [3.63, 3.8) is 0 Å². The predicted molar refractivity (Wildman–Crippen MR) is 72.4 cm³/mol. The number of hydrogen-bond donors (Lipinski definition) is 1. The Morgan fingerprint density at radius 1 is 1.26 bits per heavy atom. The third-order valence-electron chi connectivity index (χ3n) is 2.83. The molecule has 0 bridgehead atoms. The van der Waals surface area contributed by atoms with Gasteiger partial charge in [-0.3, -0.25) is 9.78 Å². The second kappa shape index (κ2) is 6.11. The Morgan fingerprint density at radius 3 is 2.68 bits per heavy atom. The van der Waals surface area contributed by atoms with Gasteiger partial charge in [0.2, 0.25) is 0 Å². The lowest BCUT2D eigenvalue weighted by atomic mass is 10.1. The van der Waals surface area contributed by atoms with E-state index in [2.05, 4.69) is 4.98 Å². The van der Waals surface area contributed by atoms with Crippen LogP contribution < -0.4 is 0 Å². The van der Waals surface area contributed by atoms with Gasteiger partial charge in [-0.1, -0.05) is 30.3 Å². The standard InChI is InChI=1S/C15H16N2O2/c1-17(10-12-5-3-2-4-6-12)15(19)13-7-8-16-14(9-13)11-18/h2-9,18H,10-11H2,1H3. The number of carbonyl (C=O) groups excluding carboxylic acids is 1. The van der Waals surface area contributed by atoms with Crippen LogP contribution in [-0.2, 0) is 13.2 Å². The van der Waals surface area contributed by atoms with Crippen LogP contribution in [0, 0.1) is 0 Å². The lowest BCUT2D eigenvalue weighted by molar-refractivity contribution is 0.0784.